The summed E-state index contributed by atoms with van der Waals surface area (Å²) in [5.74, 6) is -0.655. The summed E-state index contributed by atoms with van der Waals surface area (Å²) in [4.78, 5) is 16.4. The molecule has 28 heavy (non-hydrogen) atoms. The van der Waals surface area contributed by atoms with Gasteiger partial charge in [0, 0.05) is 31.0 Å². The maximum atomic E-state index is 13.2. The molecule has 8 heteroatoms. The van der Waals surface area contributed by atoms with E-state index < -0.39 is 13.9 Å². The van der Waals surface area contributed by atoms with Crippen LogP contribution in [-0.4, -0.2) is 35.2 Å². The molecular formula is C20H23BrFN3O2Si. The SMILES string of the molecule is C[Si](C)(C)CCOCn1ncc2cc(CC(=O)c3ncc(F)cc3Br)ccc21. The highest BCUT2D eigenvalue weighted by Gasteiger charge is 2.15. The summed E-state index contributed by atoms with van der Waals surface area (Å²) in [7, 11) is -1.11. The molecule has 0 unspecified atom stereocenters. The molecule has 0 aliphatic rings. The molecule has 0 aliphatic heterocycles. The summed E-state index contributed by atoms with van der Waals surface area (Å²) in [6, 6.07) is 8.15. The third kappa shape index (κ3) is 5.33. The van der Waals surface area contributed by atoms with E-state index in [1.165, 1.54) is 6.07 Å². The molecule has 3 rings (SSSR count). The molecule has 0 atom stereocenters. The third-order valence-electron chi connectivity index (χ3n) is 4.35. The normalized spacial score (nSPS) is 11.9. The van der Waals surface area contributed by atoms with Crippen LogP contribution in [0.2, 0.25) is 25.7 Å². The highest BCUT2D eigenvalue weighted by atomic mass is 79.9. The lowest BCUT2D eigenvalue weighted by Crippen LogP contribution is -2.22. The van der Waals surface area contributed by atoms with Gasteiger partial charge in [-0.15, -0.1) is 0 Å². The maximum absolute atomic E-state index is 13.2. The highest BCUT2D eigenvalue weighted by Crippen LogP contribution is 2.20. The lowest BCUT2D eigenvalue weighted by molar-refractivity contribution is 0.0817. The minimum atomic E-state index is -1.11. The molecule has 0 fully saturated rings. The average molecular weight is 464 g/mol. The minimum absolute atomic E-state index is 0.173. The van der Waals surface area contributed by atoms with Crippen LogP contribution in [0.4, 0.5) is 4.39 Å². The number of ether oxygens (including phenoxy) is 1. The number of ketones is 1. The molecule has 2 heterocycles. The van der Waals surface area contributed by atoms with Crippen LogP contribution < -0.4 is 0 Å². The Morgan fingerprint density at radius 2 is 2.04 bits per heavy atom. The van der Waals surface area contributed by atoms with Crippen LogP contribution in [0.1, 0.15) is 16.1 Å². The summed E-state index contributed by atoms with van der Waals surface area (Å²) in [6.07, 6.45) is 3.01. The van der Waals surface area contributed by atoms with Gasteiger partial charge in [0.2, 0.25) is 0 Å². The number of aromatic nitrogens is 3. The second kappa shape index (κ2) is 8.63. The van der Waals surface area contributed by atoms with Crippen molar-refractivity contribution in [2.24, 2.45) is 0 Å². The fraction of sp³-hybridized carbons (Fsp3) is 0.350. The van der Waals surface area contributed by atoms with Gasteiger partial charge >= 0.3 is 0 Å². The fourth-order valence-corrected chi connectivity index (χ4v) is 4.07. The minimum Gasteiger partial charge on any atom is -0.360 e. The van der Waals surface area contributed by atoms with E-state index in [9.17, 15) is 9.18 Å². The van der Waals surface area contributed by atoms with E-state index >= 15 is 0 Å². The number of pyridine rings is 1. The van der Waals surface area contributed by atoms with Crippen LogP contribution in [0, 0.1) is 5.82 Å². The number of benzene rings is 1. The number of nitrogens with zero attached hydrogens (tertiary/aromatic N) is 3. The second-order valence-electron chi connectivity index (χ2n) is 7.97. The largest absolute Gasteiger partial charge is 0.360 e. The van der Waals surface area contributed by atoms with Gasteiger partial charge in [-0.05, 0) is 45.7 Å². The fourth-order valence-electron chi connectivity index (χ4n) is 2.77. The number of Topliss-reactive ketones (excluding diaryl/α,β-unsaturated/α-hetero) is 1. The number of carbonyl (C=O) groups is 1. The van der Waals surface area contributed by atoms with E-state index in [1.54, 1.807) is 6.20 Å². The van der Waals surface area contributed by atoms with Crippen LogP contribution in [0.3, 0.4) is 0 Å². The van der Waals surface area contributed by atoms with Crippen molar-refractivity contribution < 1.29 is 13.9 Å². The van der Waals surface area contributed by atoms with E-state index in [0.717, 1.165) is 35.3 Å². The quantitative estimate of drug-likeness (QED) is 0.265. The standard InChI is InChI=1S/C20H23BrFN3O2Si/c1-28(2,3)7-6-27-13-25-18-5-4-14(8-15(18)11-24-25)9-19(26)20-17(21)10-16(22)12-23-20/h4-5,8,10-12H,6-7,9,13H2,1-3H3. The molecular weight excluding hydrogens is 441 g/mol. The van der Waals surface area contributed by atoms with Crippen LogP contribution in [0.25, 0.3) is 10.9 Å². The van der Waals surface area contributed by atoms with Gasteiger partial charge in [-0.25, -0.2) is 14.1 Å². The first-order chi connectivity index (χ1) is 13.2. The van der Waals surface area contributed by atoms with Gasteiger partial charge in [-0.1, -0.05) is 25.7 Å². The van der Waals surface area contributed by atoms with Crippen molar-refractivity contribution in [1.82, 2.24) is 14.8 Å². The molecule has 0 aliphatic carbocycles. The zero-order chi connectivity index (χ0) is 20.3. The molecule has 3 aromatic rings. The van der Waals surface area contributed by atoms with E-state index in [4.69, 9.17) is 4.74 Å². The molecule has 0 saturated heterocycles. The Kier molecular flexibility index (Phi) is 6.42. The maximum Gasteiger partial charge on any atom is 0.186 e. The molecule has 148 valence electrons. The first-order valence-corrected chi connectivity index (χ1v) is 13.6. The van der Waals surface area contributed by atoms with E-state index in [1.807, 2.05) is 22.9 Å². The lowest BCUT2D eigenvalue weighted by Gasteiger charge is -2.15. The van der Waals surface area contributed by atoms with Gasteiger partial charge in [-0.2, -0.15) is 5.10 Å². The number of halogens is 2. The predicted octanol–water partition coefficient (Wildman–Crippen LogP) is 5.07. The Balaban J connectivity index is 1.67. The molecule has 0 N–H and O–H groups in total. The van der Waals surface area contributed by atoms with E-state index in [2.05, 4.69) is 45.7 Å². The van der Waals surface area contributed by atoms with Crippen LogP contribution in [0.5, 0.6) is 0 Å². The van der Waals surface area contributed by atoms with Crippen molar-refractivity contribution in [3.05, 3.63) is 58.2 Å². The topological polar surface area (TPSA) is 57.0 Å². The van der Waals surface area contributed by atoms with Gasteiger partial charge in [0.1, 0.15) is 18.2 Å². The molecule has 0 spiro atoms. The zero-order valence-electron chi connectivity index (χ0n) is 16.2. The van der Waals surface area contributed by atoms with Crippen molar-refractivity contribution in [3.8, 4) is 0 Å². The Morgan fingerprint density at radius 1 is 1.25 bits per heavy atom. The Labute approximate surface area is 173 Å². The van der Waals surface area contributed by atoms with E-state index in [0.29, 0.717) is 11.2 Å². The van der Waals surface area contributed by atoms with Crippen molar-refractivity contribution in [1.29, 1.82) is 0 Å². The van der Waals surface area contributed by atoms with Crippen LogP contribution in [-0.2, 0) is 17.9 Å². The lowest BCUT2D eigenvalue weighted by atomic mass is 10.0. The summed E-state index contributed by atoms with van der Waals surface area (Å²) >= 11 is 3.20. The van der Waals surface area contributed by atoms with Crippen molar-refractivity contribution in [2.75, 3.05) is 6.61 Å². The Morgan fingerprint density at radius 3 is 2.75 bits per heavy atom. The van der Waals surface area contributed by atoms with Gasteiger partial charge in [0.15, 0.2) is 5.78 Å². The smallest absolute Gasteiger partial charge is 0.186 e. The van der Waals surface area contributed by atoms with Crippen molar-refractivity contribution in [2.45, 2.75) is 38.8 Å². The molecule has 0 saturated carbocycles. The number of hydrogen-bond donors (Lipinski definition) is 0. The summed E-state index contributed by atoms with van der Waals surface area (Å²) in [6.45, 7) is 8.12. The predicted molar refractivity (Wildman–Crippen MR) is 114 cm³/mol. The summed E-state index contributed by atoms with van der Waals surface area (Å²) < 4.78 is 21.1. The van der Waals surface area contributed by atoms with Crippen LogP contribution in [0.15, 0.2) is 41.1 Å². The van der Waals surface area contributed by atoms with Crippen molar-refractivity contribution >= 4 is 40.7 Å². The number of rotatable bonds is 8. The Hall–Kier alpha value is -1.90. The van der Waals surface area contributed by atoms with Crippen molar-refractivity contribution in [3.63, 3.8) is 0 Å². The summed E-state index contributed by atoms with van der Waals surface area (Å²) in [5, 5.41) is 5.34. The average Bonchev–Trinajstić information content (AvgIpc) is 3.00. The summed E-state index contributed by atoms with van der Waals surface area (Å²) in [5.41, 5.74) is 2.05. The highest BCUT2D eigenvalue weighted by molar-refractivity contribution is 9.10. The second-order valence-corrected chi connectivity index (χ2v) is 14.4. The first kappa shape index (κ1) is 20.8. The van der Waals surface area contributed by atoms with Crippen LogP contribution >= 0.6 is 15.9 Å². The first-order valence-electron chi connectivity index (χ1n) is 9.09. The molecule has 1 aromatic carbocycles. The molecule has 0 bridgehead atoms. The number of hydrogen-bond acceptors (Lipinski definition) is 4. The molecule has 0 amide bonds. The zero-order valence-corrected chi connectivity index (χ0v) is 18.8. The molecule has 5 nitrogen and oxygen atoms in total. The van der Waals surface area contributed by atoms with Gasteiger partial charge < -0.3 is 4.74 Å². The Bertz CT molecular complexity index is 1000. The molecule has 0 radical (unpaired) electrons. The van der Waals surface area contributed by atoms with Gasteiger partial charge in [-0.3, -0.25) is 4.79 Å². The monoisotopic (exact) mass is 463 g/mol. The molecule has 2 aromatic heterocycles. The van der Waals surface area contributed by atoms with Gasteiger partial charge in [0.25, 0.3) is 0 Å². The number of carbonyl (C=O) groups excluding carboxylic acids is 1. The third-order valence-corrected chi connectivity index (χ3v) is 6.66. The van der Waals surface area contributed by atoms with E-state index in [-0.39, 0.29) is 17.9 Å². The van der Waals surface area contributed by atoms with Gasteiger partial charge in [0.05, 0.1) is 17.9 Å². The number of fused-ring (bicyclic) bond motifs is 1.